The first-order chi connectivity index (χ1) is 10.3. The molecule has 0 aromatic carbocycles. The zero-order valence-corrected chi connectivity index (χ0v) is 12.3. The molecule has 6 heteroatoms. The third kappa shape index (κ3) is 3.28. The van der Waals surface area contributed by atoms with E-state index in [9.17, 15) is 0 Å². The number of likely N-dealkylation sites (tertiary alicyclic amines) is 1. The van der Waals surface area contributed by atoms with Gasteiger partial charge in [0.1, 0.15) is 5.69 Å². The lowest BCUT2D eigenvalue weighted by atomic mass is 9.91. The van der Waals surface area contributed by atoms with E-state index in [4.69, 9.17) is 10.3 Å². The van der Waals surface area contributed by atoms with Crippen molar-refractivity contribution in [1.29, 1.82) is 0 Å². The minimum absolute atomic E-state index is 0.318. The number of aromatic nitrogens is 3. The van der Waals surface area contributed by atoms with Gasteiger partial charge in [0, 0.05) is 25.3 Å². The van der Waals surface area contributed by atoms with Crippen molar-refractivity contribution in [2.45, 2.75) is 32.4 Å². The molecule has 0 bridgehead atoms. The Balaban J connectivity index is 1.65. The molecule has 2 atom stereocenters. The second-order valence-corrected chi connectivity index (χ2v) is 5.58. The van der Waals surface area contributed by atoms with Crippen molar-refractivity contribution in [2.24, 2.45) is 11.7 Å². The van der Waals surface area contributed by atoms with Gasteiger partial charge in [0.05, 0.1) is 6.54 Å². The minimum atomic E-state index is 0.318. The number of piperidine rings is 1. The Bertz CT molecular complexity index is 570. The van der Waals surface area contributed by atoms with Crippen LogP contribution in [-0.4, -0.2) is 39.2 Å². The SMILES string of the molecule is CCC1CN(Cc2nc(-c3ccccn3)no2)CCC1N. The summed E-state index contributed by atoms with van der Waals surface area (Å²) in [5, 5.41) is 4.01. The molecule has 1 aliphatic heterocycles. The average Bonchev–Trinajstić information content (AvgIpc) is 2.98. The van der Waals surface area contributed by atoms with E-state index in [1.807, 2.05) is 18.2 Å². The number of rotatable bonds is 4. The van der Waals surface area contributed by atoms with E-state index >= 15 is 0 Å². The first-order valence-electron chi connectivity index (χ1n) is 7.48. The van der Waals surface area contributed by atoms with Crippen LogP contribution in [-0.2, 0) is 6.54 Å². The average molecular weight is 287 g/mol. The molecule has 3 heterocycles. The Morgan fingerprint density at radius 3 is 3.10 bits per heavy atom. The molecule has 2 N–H and O–H groups in total. The molecule has 2 unspecified atom stereocenters. The van der Waals surface area contributed by atoms with Crippen LogP contribution in [0, 0.1) is 5.92 Å². The van der Waals surface area contributed by atoms with E-state index < -0.39 is 0 Å². The van der Waals surface area contributed by atoms with Crippen LogP contribution in [0.25, 0.3) is 11.5 Å². The predicted molar refractivity (Wildman–Crippen MR) is 79.2 cm³/mol. The van der Waals surface area contributed by atoms with Gasteiger partial charge in [0.25, 0.3) is 0 Å². The quantitative estimate of drug-likeness (QED) is 0.921. The molecular weight excluding hydrogens is 266 g/mol. The van der Waals surface area contributed by atoms with Crippen LogP contribution in [0.1, 0.15) is 25.7 Å². The minimum Gasteiger partial charge on any atom is -0.337 e. The third-order valence-electron chi connectivity index (χ3n) is 4.12. The van der Waals surface area contributed by atoms with E-state index in [1.54, 1.807) is 6.20 Å². The maximum absolute atomic E-state index is 6.14. The number of hydrogen-bond acceptors (Lipinski definition) is 6. The maximum atomic E-state index is 6.14. The molecule has 2 aromatic heterocycles. The second kappa shape index (κ2) is 6.32. The van der Waals surface area contributed by atoms with Gasteiger partial charge in [-0.3, -0.25) is 9.88 Å². The van der Waals surface area contributed by atoms with Crippen LogP contribution in [0.4, 0.5) is 0 Å². The number of nitrogens with zero attached hydrogens (tertiary/aromatic N) is 4. The molecule has 6 nitrogen and oxygen atoms in total. The zero-order valence-electron chi connectivity index (χ0n) is 12.3. The summed E-state index contributed by atoms with van der Waals surface area (Å²) < 4.78 is 5.34. The summed E-state index contributed by atoms with van der Waals surface area (Å²) in [6, 6.07) is 5.97. The largest absolute Gasteiger partial charge is 0.337 e. The fourth-order valence-corrected chi connectivity index (χ4v) is 2.81. The van der Waals surface area contributed by atoms with Crippen LogP contribution >= 0.6 is 0 Å². The summed E-state index contributed by atoms with van der Waals surface area (Å²) in [6.45, 7) is 4.86. The fourth-order valence-electron chi connectivity index (χ4n) is 2.81. The molecule has 112 valence electrons. The standard InChI is InChI=1S/C15H21N5O/c1-2-11-9-20(8-6-12(11)16)10-14-18-15(19-21-14)13-5-3-4-7-17-13/h3-5,7,11-12H,2,6,8-10,16H2,1H3. The highest BCUT2D eigenvalue weighted by molar-refractivity contribution is 5.46. The second-order valence-electron chi connectivity index (χ2n) is 5.58. The molecule has 0 spiro atoms. The molecule has 0 radical (unpaired) electrons. The van der Waals surface area contributed by atoms with Crippen LogP contribution < -0.4 is 5.73 Å². The van der Waals surface area contributed by atoms with Gasteiger partial charge < -0.3 is 10.3 Å². The highest BCUT2D eigenvalue weighted by Gasteiger charge is 2.26. The monoisotopic (exact) mass is 287 g/mol. The van der Waals surface area contributed by atoms with Crippen LogP contribution in [0.15, 0.2) is 28.9 Å². The van der Waals surface area contributed by atoms with Gasteiger partial charge in [-0.05, 0) is 24.5 Å². The van der Waals surface area contributed by atoms with E-state index in [2.05, 4.69) is 26.9 Å². The number of pyridine rings is 1. The van der Waals surface area contributed by atoms with Gasteiger partial charge in [0.15, 0.2) is 0 Å². The molecule has 2 aromatic rings. The van der Waals surface area contributed by atoms with Crippen molar-refractivity contribution in [3.8, 4) is 11.5 Å². The highest BCUT2D eigenvalue weighted by atomic mass is 16.5. The summed E-state index contributed by atoms with van der Waals surface area (Å²) in [6.07, 6.45) is 3.86. The summed E-state index contributed by atoms with van der Waals surface area (Å²) in [4.78, 5) is 11.0. The smallest absolute Gasteiger partial charge is 0.241 e. The summed E-state index contributed by atoms with van der Waals surface area (Å²) in [7, 11) is 0. The Hall–Kier alpha value is -1.79. The summed E-state index contributed by atoms with van der Waals surface area (Å²) >= 11 is 0. The van der Waals surface area contributed by atoms with Crippen molar-refractivity contribution < 1.29 is 4.52 Å². The van der Waals surface area contributed by atoms with Crippen molar-refractivity contribution >= 4 is 0 Å². The third-order valence-corrected chi connectivity index (χ3v) is 4.12. The molecular formula is C15H21N5O. The van der Waals surface area contributed by atoms with Crippen LogP contribution in [0.3, 0.4) is 0 Å². The van der Waals surface area contributed by atoms with Gasteiger partial charge in [-0.2, -0.15) is 4.98 Å². The Kier molecular flexibility index (Phi) is 4.26. The lowest BCUT2D eigenvalue weighted by molar-refractivity contribution is 0.131. The Morgan fingerprint density at radius 1 is 1.43 bits per heavy atom. The Morgan fingerprint density at radius 2 is 2.33 bits per heavy atom. The van der Waals surface area contributed by atoms with E-state index in [1.165, 1.54) is 0 Å². The topological polar surface area (TPSA) is 81.1 Å². The van der Waals surface area contributed by atoms with Crippen molar-refractivity contribution in [1.82, 2.24) is 20.0 Å². The van der Waals surface area contributed by atoms with Gasteiger partial charge in [-0.25, -0.2) is 0 Å². The summed E-state index contributed by atoms with van der Waals surface area (Å²) in [5.74, 6) is 1.74. The summed E-state index contributed by atoms with van der Waals surface area (Å²) in [5.41, 5.74) is 6.87. The number of nitrogens with two attached hydrogens (primary N) is 1. The highest BCUT2D eigenvalue weighted by Crippen LogP contribution is 2.20. The fraction of sp³-hybridized carbons (Fsp3) is 0.533. The number of hydrogen-bond donors (Lipinski definition) is 1. The van der Waals surface area contributed by atoms with Crippen LogP contribution in [0.5, 0.6) is 0 Å². The molecule has 0 saturated carbocycles. The van der Waals surface area contributed by atoms with Gasteiger partial charge in [0.2, 0.25) is 11.7 Å². The van der Waals surface area contributed by atoms with Gasteiger partial charge in [-0.1, -0.05) is 24.6 Å². The molecule has 1 aliphatic rings. The molecule has 0 amide bonds. The lowest BCUT2D eigenvalue weighted by Gasteiger charge is -2.35. The Labute approximate surface area is 124 Å². The van der Waals surface area contributed by atoms with Crippen LogP contribution in [0.2, 0.25) is 0 Å². The lowest BCUT2D eigenvalue weighted by Crippen LogP contribution is -2.46. The zero-order chi connectivity index (χ0) is 14.7. The van der Waals surface area contributed by atoms with E-state index in [-0.39, 0.29) is 0 Å². The first kappa shape index (κ1) is 14.2. The molecule has 1 saturated heterocycles. The molecule has 21 heavy (non-hydrogen) atoms. The predicted octanol–water partition coefficient (Wildman–Crippen LogP) is 1.69. The van der Waals surface area contributed by atoms with Crippen molar-refractivity contribution in [3.05, 3.63) is 30.3 Å². The first-order valence-corrected chi connectivity index (χ1v) is 7.48. The molecule has 1 fully saturated rings. The van der Waals surface area contributed by atoms with E-state index in [0.717, 1.165) is 31.6 Å². The van der Waals surface area contributed by atoms with Gasteiger partial charge in [-0.15, -0.1) is 0 Å². The van der Waals surface area contributed by atoms with Gasteiger partial charge >= 0.3 is 0 Å². The molecule has 0 aliphatic carbocycles. The normalized spacial score (nSPS) is 23.3. The van der Waals surface area contributed by atoms with E-state index in [0.29, 0.717) is 30.2 Å². The van der Waals surface area contributed by atoms with Crippen molar-refractivity contribution in [2.75, 3.05) is 13.1 Å². The van der Waals surface area contributed by atoms with Crippen molar-refractivity contribution in [3.63, 3.8) is 0 Å². The maximum Gasteiger partial charge on any atom is 0.241 e. The molecule has 3 rings (SSSR count).